The molecule has 2 fully saturated rings. The molecule has 4 heterocycles. The SMILES string of the molecule is CN1CCC[C@H]1COc1nc2c(c(N3CCN[C@@H](CC#N)C3)n1)CCN(c1cc(OC(=O)C(C)(C)C)cc3ccccc13)C2. The summed E-state index contributed by atoms with van der Waals surface area (Å²) in [6.45, 7) is 10.9. The number of rotatable bonds is 7. The summed E-state index contributed by atoms with van der Waals surface area (Å²) in [6, 6.07) is 15.3. The molecular formula is C34H43N7O3. The van der Waals surface area contributed by atoms with Crippen LogP contribution in [-0.4, -0.2) is 79.3 Å². The molecule has 1 aromatic heterocycles. The number of nitriles is 1. The van der Waals surface area contributed by atoms with Crippen LogP contribution < -0.4 is 24.6 Å². The van der Waals surface area contributed by atoms with Gasteiger partial charge in [0.2, 0.25) is 0 Å². The minimum atomic E-state index is -0.608. The van der Waals surface area contributed by atoms with Crippen LogP contribution in [0.2, 0.25) is 0 Å². The Hall–Kier alpha value is -3.94. The molecule has 2 saturated heterocycles. The number of benzene rings is 2. The number of ether oxygens (including phenoxy) is 2. The van der Waals surface area contributed by atoms with Crippen LogP contribution in [0.5, 0.6) is 11.8 Å². The Kier molecular flexibility index (Phi) is 8.61. The van der Waals surface area contributed by atoms with Gasteiger partial charge in [-0.15, -0.1) is 0 Å². The van der Waals surface area contributed by atoms with Crippen LogP contribution in [0.15, 0.2) is 36.4 Å². The number of nitrogens with zero attached hydrogens (tertiary/aromatic N) is 6. The van der Waals surface area contributed by atoms with Gasteiger partial charge in [-0.25, -0.2) is 0 Å². The van der Waals surface area contributed by atoms with Gasteiger partial charge in [0.15, 0.2) is 0 Å². The highest BCUT2D eigenvalue weighted by Crippen LogP contribution is 2.37. The number of aromatic nitrogens is 2. The summed E-state index contributed by atoms with van der Waals surface area (Å²) in [5, 5.41) is 14.9. The largest absolute Gasteiger partial charge is 0.462 e. The summed E-state index contributed by atoms with van der Waals surface area (Å²) in [5.41, 5.74) is 2.50. The van der Waals surface area contributed by atoms with Crippen LogP contribution in [-0.2, 0) is 17.8 Å². The first-order valence-electron chi connectivity index (χ1n) is 15.8. The van der Waals surface area contributed by atoms with Gasteiger partial charge in [0.25, 0.3) is 0 Å². The van der Waals surface area contributed by atoms with Gasteiger partial charge in [-0.3, -0.25) is 4.79 Å². The van der Waals surface area contributed by atoms with E-state index >= 15 is 0 Å². The number of hydrogen-bond donors (Lipinski definition) is 1. The van der Waals surface area contributed by atoms with E-state index in [9.17, 15) is 10.1 Å². The first-order valence-corrected chi connectivity index (χ1v) is 15.8. The molecule has 232 valence electrons. The van der Waals surface area contributed by atoms with Crippen molar-refractivity contribution >= 4 is 28.2 Å². The monoisotopic (exact) mass is 597 g/mol. The number of likely N-dealkylation sites (tertiary alicyclic amines) is 1. The zero-order valence-electron chi connectivity index (χ0n) is 26.3. The standard InChI is InChI=1S/C34H43N7O3/c1-34(2,3)32(42)44-26-18-23-8-5-6-10-27(23)30(19-26)40-16-12-28-29(21-40)37-33(43-22-25-9-7-15-39(25)4)38-31(28)41-17-14-36-24(20-41)11-13-35/h5-6,8,10,18-19,24-25,36H,7,9,11-12,14-17,20-22H2,1-4H3/t24-,25-/m0/s1. The van der Waals surface area contributed by atoms with Crippen molar-refractivity contribution in [3.8, 4) is 17.8 Å². The number of likely N-dealkylation sites (N-methyl/N-ethyl adjacent to an activating group) is 1. The van der Waals surface area contributed by atoms with Gasteiger partial charge >= 0.3 is 12.0 Å². The number of nitrogens with one attached hydrogen (secondary N) is 1. The number of carbonyl (C=O) groups excluding carboxylic acids is 1. The minimum Gasteiger partial charge on any atom is -0.462 e. The van der Waals surface area contributed by atoms with E-state index in [-0.39, 0.29) is 12.0 Å². The molecule has 0 amide bonds. The summed E-state index contributed by atoms with van der Waals surface area (Å²) >= 11 is 0. The molecule has 3 aliphatic rings. The molecule has 6 rings (SSSR count). The number of piperazine rings is 1. The molecule has 44 heavy (non-hydrogen) atoms. The highest BCUT2D eigenvalue weighted by atomic mass is 16.5. The maximum Gasteiger partial charge on any atom is 0.318 e. The van der Waals surface area contributed by atoms with Crippen molar-refractivity contribution in [2.24, 2.45) is 5.41 Å². The molecule has 3 aliphatic heterocycles. The van der Waals surface area contributed by atoms with E-state index in [0.29, 0.717) is 37.4 Å². The minimum absolute atomic E-state index is 0.0980. The maximum absolute atomic E-state index is 12.8. The van der Waals surface area contributed by atoms with Gasteiger partial charge < -0.3 is 29.5 Å². The molecule has 0 bridgehead atoms. The van der Waals surface area contributed by atoms with E-state index in [0.717, 1.165) is 79.1 Å². The van der Waals surface area contributed by atoms with Gasteiger partial charge in [-0.05, 0) is 65.1 Å². The molecular weight excluding hydrogens is 554 g/mol. The van der Waals surface area contributed by atoms with Gasteiger partial charge in [-0.2, -0.15) is 15.2 Å². The number of carbonyl (C=O) groups is 1. The molecule has 1 N–H and O–H groups in total. The maximum atomic E-state index is 12.8. The van der Waals surface area contributed by atoms with Crippen molar-refractivity contribution in [2.45, 2.75) is 65.1 Å². The van der Waals surface area contributed by atoms with E-state index in [1.807, 2.05) is 45.0 Å². The van der Waals surface area contributed by atoms with Crippen LogP contribution in [0.25, 0.3) is 10.8 Å². The van der Waals surface area contributed by atoms with E-state index < -0.39 is 5.41 Å². The molecule has 0 saturated carbocycles. The van der Waals surface area contributed by atoms with Crippen molar-refractivity contribution < 1.29 is 14.3 Å². The van der Waals surface area contributed by atoms with Gasteiger partial charge in [0, 0.05) is 61.0 Å². The lowest BCUT2D eigenvalue weighted by molar-refractivity contribution is -0.142. The van der Waals surface area contributed by atoms with Gasteiger partial charge in [-0.1, -0.05) is 24.3 Å². The molecule has 0 radical (unpaired) electrons. The molecule has 0 unspecified atom stereocenters. The molecule has 0 aliphatic carbocycles. The predicted molar refractivity (Wildman–Crippen MR) is 171 cm³/mol. The molecule has 3 aromatic rings. The third-order valence-corrected chi connectivity index (χ3v) is 8.97. The normalized spacial score (nSPS) is 20.8. The first kappa shape index (κ1) is 30.1. The van der Waals surface area contributed by atoms with Crippen LogP contribution in [0.1, 0.15) is 51.3 Å². The van der Waals surface area contributed by atoms with E-state index in [1.165, 1.54) is 6.42 Å². The Balaban J connectivity index is 1.34. The van der Waals surface area contributed by atoms with E-state index in [4.69, 9.17) is 19.4 Å². The second kappa shape index (κ2) is 12.6. The molecule has 2 aromatic carbocycles. The molecule has 2 atom stereocenters. The van der Waals surface area contributed by atoms with Crippen LogP contribution in [0.3, 0.4) is 0 Å². The first-order chi connectivity index (χ1) is 21.2. The van der Waals surface area contributed by atoms with Crippen LogP contribution in [0.4, 0.5) is 11.5 Å². The van der Waals surface area contributed by atoms with E-state index in [1.54, 1.807) is 0 Å². The Morgan fingerprint density at radius 2 is 1.98 bits per heavy atom. The quantitative estimate of drug-likeness (QED) is 0.313. The topological polar surface area (TPSA) is 107 Å². The molecule has 10 nitrogen and oxygen atoms in total. The fourth-order valence-corrected chi connectivity index (χ4v) is 6.39. The molecule has 0 spiro atoms. The fraction of sp³-hybridized carbons (Fsp3) is 0.529. The average molecular weight is 598 g/mol. The highest BCUT2D eigenvalue weighted by molar-refractivity contribution is 5.96. The number of fused-ring (bicyclic) bond motifs is 2. The number of anilines is 2. The second-order valence-corrected chi connectivity index (χ2v) is 13.3. The Labute approximate surface area is 260 Å². The lowest BCUT2D eigenvalue weighted by Crippen LogP contribution is -2.51. The predicted octanol–water partition coefficient (Wildman–Crippen LogP) is 4.31. The van der Waals surface area contributed by atoms with Crippen molar-refractivity contribution in [2.75, 3.05) is 56.2 Å². The van der Waals surface area contributed by atoms with Crippen molar-refractivity contribution in [3.05, 3.63) is 47.7 Å². The average Bonchev–Trinajstić information content (AvgIpc) is 3.43. The van der Waals surface area contributed by atoms with Crippen molar-refractivity contribution in [1.29, 1.82) is 5.26 Å². The Morgan fingerprint density at radius 1 is 1.14 bits per heavy atom. The summed E-state index contributed by atoms with van der Waals surface area (Å²) in [7, 11) is 2.14. The summed E-state index contributed by atoms with van der Waals surface area (Å²) in [5.74, 6) is 1.20. The Bertz CT molecular complexity index is 1560. The number of esters is 1. The van der Waals surface area contributed by atoms with Gasteiger partial charge in [0.05, 0.1) is 30.1 Å². The lowest BCUT2D eigenvalue weighted by Gasteiger charge is -2.37. The zero-order valence-corrected chi connectivity index (χ0v) is 26.3. The second-order valence-electron chi connectivity index (χ2n) is 13.3. The van der Waals surface area contributed by atoms with Crippen molar-refractivity contribution in [1.82, 2.24) is 20.2 Å². The third-order valence-electron chi connectivity index (χ3n) is 8.97. The zero-order chi connectivity index (χ0) is 30.8. The summed E-state index contributed by atoms with van der Waals surface area (Å²) < 4.78 is 12.2. The van der Waals surface area contributed by atoms with Gasteiger partial charge in [0.1, 0.15) is 18.2 Å². The smallest absolute Gasteiger partial charge is 0.318 e. The summed E-state index contributed by atoms with van der Waals surface area (Å²) in [4.78, 5) is 29.7. The highest BCUT2D eigenvalue weighted by Gasteiger charge is 2.31. The van der Waals surface area contributed by atoms with Crippen LogP contribution >= 0.6 is 0 Å². The summed E-state index contributed by atoms with van der Waals surface area (Å²) in [6.07, 6.45) is 3.51. The number of hydrogen-bond acceptors (Lipinski definition) is 10. The van der Waals surface area contributed by atoms with Crippen molar-refractivity contribution in [3.63, 3.8) is 0 Å². The third kappa shape index (κ3) is 6.44. The Morgan fingerprint density at radius 3 is 2.75 bits per heavy atom. The molecule has 10 heteroatoms. The van der Waals surface area contributed by atoms with E-state index in [2.05, 4.69) is 45.3 Å². The van der Waals surface area contributed by atoms with Crippen LogP contribution in [0, 0.1) is 16.7 Å². The lowest BCUT2D eigenvalue weighted by atomic mass is 9.97. The fourth-order valence-electron chi connectivity index (χ4n) is 6.39.